The molecule has 2 heterocycles. The van der Waals surface area contributed by atoms with Gasteiger partial charge in [0.15, 0.2) is 0 Å². The lowest BCUT2D eigenvalue weighted by atomic mass is 10.0. The van der Waals surface area contributed by atoms with Gasteiger partial charge in [-0.25, -0.2) is 10.5 Å². The monoisotopic (exact) mass is 417 g/mol. The summed E-state index contributed by atoms with van der Waals surface area (Å²) in [6.45, 7) is 3.54. The summed E-state index contributed by atoms with van der Waals surface area (Å²) in [4.78, 5) is 19.8. The Morgan fingerprint density at radius 1 is 1.50 bits per heavy atom. The van der Waals surface area contributed by atoms with Crippen molar-refractivity contribution in [2.45, 2.75) is 63.3 Å². The quantitative estimate of drug-likeness (QED) is 0.385. The Kier molecular flexibility index (Phi) is 7.99. The minimum atomic E-state index is -0.584. The molecule has 1 saturated heterocycles. The predicted octanol–water partition coefficient (Wildman–Crippen LogP) is 1.32. The predicted molar refractivity (Wildman–Crippen MR) is 109 cm³/mol. The van der Waals surface area contributed by atoms with Crippen LogP contribution in [0.4, 0.5) is 0 Å². The number of methoxy groups -OCH3 is 1. The maximum atomic E-state index is 13.4. The average molecular weight is 418 g/mol. The number of hydrogen-bond acceptors (Lipinski definition) is 8. The molecule has 0 radical (unpaired) electrons. The molecule has 0 spiro atoms. The smallest absolute Gasteiger partial charge is 0.253 e. The summed E-state index contributed by atoms with van der Waals surface area (Å²) in [5, 5.41) is 21.0. The zero-order chi connectivity index (χ0) is 21.5. The molecule has 9 heteroatoms. The van der Waals surface area contributed by atoms with Crippen LogP contribution >= 0.6 is 0 Å². The van der Waals surface area contributed by atoms with Gasteiger partial charge < -0.3 is 24.9 Å². The molecule has 1 aromatic heterocycles. The Labute approximate surface area is 177 Å². The summed E-state index contributed by atoms with van der Waals surface area (Å²) in [5.74, 6) is 0.473. The molecule has 3 atom stereocenters. The van der Waals surface area contributed by atoms with E-state index < -0.39 is 6.10 Å². The molecule has 1 aliphatic heterocycles. The standard InChI is InChI=1S/C21H31N5O4/c1-14(15-10-16(4-3-9-24-28)25-20(11-15)29-2)26(17-5-6-17)21(27)19-13-23-12-18(30-19)7-8-22/h10-11,14,17-19,23-24,28H,3-7,9,12-13H2,1-2H3/t14-,18-,19-/m1/s1. The number of nitriles is 1. The molecule has 1 amide bonds. The van der Waals surface area contributed by atoms with Gasteiger partial charge in [0.05, 0.1) is 31.7 Å². The van der Waals surface area contributed by atoms with Gasteiger partial charge in [-0.1, -0.05) is 0 Å². The molecule has 0 bridgehead atoms. The molecule has 0 aromatic carbocycles. The first-order chi connectivity index (χ1) is 14.6. The van der Waals surface area contributed by atoms with Crippen LogP contribution in [0.3, 0.4) is 0 Å². The van der Waals surface area contributed by atoms with Crippen molar-refractivity contribution in [1.29, 1.82) is 5.26 Å². The molecule has 9 nitrogen and oxygen atoms in total. The minimum Gasteiger partial charge on any atom is -0.481 e. The number of carbonyl (C=O) groups excluding carboxylic acids is 1. The summed E-state index contributed by atoms with van der Waals surface area (Å²) in [6.07, 6.45) is 2.80. The van der Waals surface area contributed by atoms with Crippen molar-refractivity contribution < 1.29 is 19.5 Å². The second-order valence-corrected chi connectivity index (χ2v) is 7.87. The molecule has 164 valence electrons. The number of aryl methyl sites for hydroxylation is 1. The first-order valence-corrected chi connectivity index (χ1v) is 10.5. The van der Waals surface area contributed by atoms with Gasteiger partial charge in [-0.3, -0.25) is 4.79 Å². The molecule has 30 heavy (non-hydrogen) atoms. The van der Waals surface area contributed by atoms with Crippen LogP contribution in [-0.2, 0) is 16.0 Å². The zero-order valence-electron chi connectivity index (χ0n) is 17.6. The van der Waals surface area contributed by atoms with Gasteiger partial charge in [0.1, 0.15) is 6.10 Å². The van der Waals surface area contributed by atoms with Crippen LogP contribution in [0.5, 0.6) is 5.88 Å². The fraction of sp³-hybridized carbons (Fsp3) is 0.667. The third kappa shape index (κ3) is 5.67. The number of morpholine rings is 1. The van der Waals surface area contributed by atoms with E-state index in [0.717, 1.165) is 30.5 Å². The van der Waals surface area contributed by atoms with Crippen LogP contribution in [-0.4, -0.2) is 66.0 Å². The van der Waals surface area contributed by atoms with E-state index in [9.17, 15) is 4.79 Å². The summed E-state index contributed by atoms with van der Waals surface area (Å²) in [7, 11) is 1.58. The van der Waals surface area contributed by atoms with Gasteiger partial charge in [-0.15, -0.1) is 0 Å². The van der Waals surface area contributed by atoms with E-state index in [1.807, 2.05) is 24.0 Å². The van der Waals surface area contributed by atoms with Crippen molar-refractivity contribution in [3.05, 3.63) is 23.4 Å². The summed E-state index contributed by atoms with van der Waals surface area (Å²) < 4.78 is 11.3. The van der Waals surface area contributed by atoms with E-state index in [-0.39, 0.29) is 30.5 Å². The SMILES string of the molecule is COc1cc([C@@H](C)N(C(=O)[C@H]2CNC[C@@H](CC#N)O2)C2CC2)cc(CCCNO)n1. The van der Waals surface area contributed by atoms with Crippen LogP contribution in [0.25, 0.3) is 0 Å². The van der Waals surface area contributed by atoms with E-state index in [4.69, 9.17) is 19.9 Å². The second-order valence-electron chi connectivity index (χ2n) is 7.87. The van der Waals surface area contributed by atoms with Gasteiger partial charge in [-0.05, 0) is 44.2 Å². The fourth-order valence-corrected chi connectivity index (χ4v) is 3.84. The number of rotatable bonds is 10. The molecule has 2 fully saturated rings. The lowest BCUT2D eigenvalue weighted by molar-refractivity contribution is -0.153. The van der Waals surface area contributed by atoms with Crippen LogP contribution in [0, 0.1) is 11.3 Å². The van der Waals surface area contributed by atoms with Gasteiger partial charge in [0.25, 0.3) is 5.91 Å². The average Bonchev–Trinajstić information content (AvgIpc) is 3.59. The van der Waals surface area contributed by atoms with Crippen molar-refractivity contribution in [2.75, 3.05) is 26.7 Å². The van der Waals surface area contributed by atoms with Gasteiger partial charge in [0, 0.05) is 37.4 Å². The number of hydroxylamine groups is 1. The van der Waals surface area contributed by atoms with E-state index in [0.29, 0.717) is 31.9 Å². The Morgan fingerprint density at radius 3 is 2.97 bits per heavy atom. The topological polar surface area (TPSA) is 120 Å². The van der Waals surface area contributed by atoms with Crippen molar-refractivity contribution in [2.24, 2.45) is 0 Å². The molecule has 3 N–H and O–H groups in total. The van der Waals surface area contributed by atoms with Gasteiger partial charge in [-0.2, -0.15) is 5.26 Å². The van der Waals surface area contributed by atoms with Crippen LogP contribution < -0.4 is 15.5 Å². The normalized spacial score (nSPS) is 22.2. The molecule has 0 unspecified atom stereocenters. The Bertz CT molecular complexity index is 764. The van der Waals surface area contributed by atoms with Gasteiger partial charge >= 0.3 is 0 Å². The number of ether oxygens (including phenoxy) is 2. The first kappa shape index (κ1) is 22.4. The number of aromatic nitrogens is 1. The lowest BCUT2D eigenvalue weighted by Crippen LogP contribution is -2.53. The highest BCUT2D eigenvalue weighted by molar-refractivity contribution is 5.82. The molecule has 1 aliphatic carbocycles. The van der Waals surface area contributed by atoms with E-state index in [1.54, 1.807) is 7.11 Å². The number of nitrogens with one attached hydrogen (secondary N) is 2. The Hall–Kier alpha value is -2.25. The maximum absolute atomic E-state index is 13.4. The second kappa shape index (κ2) is 10.7. The third-order valence-electron chi connectivity index (χ3n) is 5.56. The number of carbonyl (C=O) groups is 1. The molecular weight excluding hydrogens is 386 g/mol. The van der Waals surface area contributed by atoms with E-state index in [1.165, 1.54) is 0 Å². The van der Waals surface area contributed by atoms with Crippen molar-refractivity contribution in [3.63, 3.8) is 0 Å². The highest BCUT2D eigenvalue weighted by Gasteiger charge is 2.41. The number of nitrogens with zero attached hydrogens (tertiary/aromatic N) is 3. The van der Waals surface area contributed by atoms with Gasteiger partial charge in [0.2, 0.25) is 5.88 Å². The van der Waals surface area contributed by atoms with Crippen molar-refractivity contribution >= 4 is 5.91 Å². The van der Waals surface area contributed by atoms with Crippen LogP contribution in [0.1, 0.15) is 49.9 Å². The number of pyridine rings is 1. The number of amides is 1. The summed E-state index contributed by atoms with van der Waals surface area (Å²) in [5.41, 5.74) is 3.98. The van der Waals surface area contributed by atoms with Crippen LogP contribution in [0.15, 0.2) is 12.1 Å². The molecule has 1 saturated carbocycles. The Balaban J connectivity index is 1.78. The largest absolute Gasteiger partial charge is 0.481 e. The molecule has 1 aromatic rings. The summed E-state index contributed by atoms with van der Waals surface area (Å²) in [6, 6.07) is 6.05. The minimum absolute atomic E-state index is 0.0399. The fourth-order valence-electron chi connectivity index (χ4n) is 3.84. The molecular formula is C21H31N5O4. The van der Waals surface area contributed by atoms with E-state index >= 15 is 0 Å². The first-order valence-electron chi connectivity index (χ1n) is 10.5. The zero-order valence-corrected chi connectivity index (χ0v) is 17.6. The van der Waals surface area contributed by atoms with Crippen molar-refractivity contribution in [1.82, 2.24) is 20.7 Å². The Morgan fingerprint density at radius 2 is 2.30 bits per heavy atom. The van der Waals surface area contributed by atoms with Crippen LogP contribution in [0.2, 0.25) is 0 Å². The van der Waals surface area contributed by atoms with E-state index in [2.05, 4.69) is 21.9 Å². The third-order valence-corrected chi connectivity index (χ3v) is 5.56. The molecule has 3 rings (SSSR count). The molecule has 2 aliphatic rings. The maximum Gasteiger partial charge on any atom is 0.253 e. The summed E-state index contributed by atoms with van der Waals surface area (Å²) >= 11 is 0. The highest BCUT2D eigenvalue weighted by atomic mass is 16.5. The lowest BCUT2D eigenvalue weighted by Gasteiger charge is -2.36. The van der Waals surface area contributed by atoms with Crippen molar-refractivity contribution in [3.8, 4) is 11.9 Å². The number of hydrogen-bond donors (Lipinski definition) is 3. The highest BCUT2D eigenvalue weighted by Crippen LogP contribution is 2.36.